The van der Waals surface area contributed by atoms with Gasteiger partial charge in [-0.1, -0.05) is 12.2 Å². The predicted octanol–water partition coefficient (Wildman–Crippen LogP) is 2.51. The molecule has 0 spiro atoms. The number of allylic oxidation sites excluding steroid dienone is 2. The molecule has 6 heteroatoms. The average Bonchev–Trinajstić information content (AvgIpc) is 3.07. The number of fused-ring (bicyclic) bond motifs is 1. The summed E-state index contributed by atoms with van der Waals surface area (Å²) in [5, 5.41) is 7.71. The molecular weight excluding hydrogens is 364 g/mol. The third-order valence-corrected chi connectivity index (χ3v) is 7.31. The molecule has 4 atom stereocenters. The molecule has 1 N–H and O–H groups in total. The maximum Gasteiger partial charge on any atom is 0.224 e. The van der Waals surface area contributed by atoms with E-state index >= 15 is 0 Å². The second-order valence-corrected chi connectivity index (χ2v) is 9.78. The number of likely N-dealkylation sites (tertiary alicyclic amines) is 1. The second-order valence-electron chi connectivity index (χ2n) is 9.78. The molecule has 158 valence electrons. The molecule has 2 heterocycles. The molecule has 3 fully saturated rings. The summed E-state index contributed by atoms with van der Waals surface area (Å²) in [5.41, 5.74) is 1.28. The first kappa shape index (κ1) is 19.3. The highest BCUT2D eigenvalue weighted by molar-refractivity contribution is 5.79. The van der Waals surface area contributed by atoms with Gasteiger partial charge in [0.05, 0.1) is 18.3 Å². The standard InChI is InChI=1S/C23H34N4O2/c1-26-11-17(10-24-26)12-27-13-19-8-21(25-23(28)18-4-2-3-5-18)22(9-20(19)14-27)29-15-16-6-7-16/h2-3,10-11,16,18-22H,4-9,12-15H2,1H3,(H,25,28)/t19-,20+,21-,22-/m0/s1. The van der Waals surface area contributed by atoms with Crippen LogP contribution in [0.25, 0.3) is 0 Å². The molecule has 0 radical (unpaired) electrons. The Balaban J connectivity index is 1.21. The van der Waals surface area contributed by atoms with E-state index in [4.69, 9.17) is 4.74 Å². The van der Waals surface area contributed by atoms with Crippen LogP contribution in [0.4, 0.5) is 0 Å². The van der Waals surface area contributed by atoms with Crippen LogP contribution in [0.5, 0.6) is 0 Å². The highest BCUT2D eigenvalue weighted by atomic mass is 16.5. The van der Waals surface area contributed by atoms with Gasteiger partial charge in [0.25, 0.3) is 0 Å². The van der Waals surface area contributed by atoms with E-state index in [0.717, 1.165) is 57.8 Å². The van der Waals surface area contributed by atoms with Gasteiger partial charge in [-0.15, -0.1) is 0 Å². The van der Waals surface area contributed by atoms with E-state index in [9.17, 15) is 4.79 Å². The van der Waals surface area contributed by atoms with Gasteiger partial charge in [-0.25, -0.2) is 0 Å². The minimum Gasteiger partial charge on any atom is -0.376 e. The largest absolute Gasteiger partial charge is 0.376 e. The number of carbonyl (C=O) groups is 1. The number of nitrogens with zero attached hydrogens (tertiary/aromatic N) is 3. The highest BCUT2D eigenvalue weighted by Crippen LogP contribution is 2.39. The van der Waals surface area contributed by atoms with Crippen molar-refractivity contribution in [3.63, 3.8) is 0 Å². The Hall–Kier alpha value is -1.66. The van der Waals surface area contributed by atoms with Crippen molar-refractivity contribution in [3.8, 4) is 0 Å². The number of hydrogen-bond donors (Lipinski definition) is 1. The number of rotatable bonds is 7. The van der Waals surface area contributed by atoms with Crippen LogP contribution in [-0.4, -0.2) is 52.4 Å². The molecule has 3 aliphatic carbocycles. The van der Waals surface area contributed by atoms with Crippen LogP contribution in [0.15, 0.2) is 24.5 Å². The Bertz CT molecular complexity index is 748. The van der Waals surface area contributed by atoms with Crippen molar-refractivity contribution in [3.05, 3.63) is 30.1 Å². The van der Waals surface area contributed by atoms with Crippen molar-refractivity contribution < 1.29 is 9.53 Å². The number of amides is 1. The maximum atomic E-state index is 12.8. The summed E-state index contributed by atoms with van der Waals surface area (Å²) in [6.07, 6.45) is 15.0. The van der Waals surface area contributed by atoms with Crippen LogP contribution in [0.2, 0.25) is 0 Å². The number of ether oxygens (including phenoxy) is 1. The number of aromatic nitrogens is 2. The maximum absolute atomic E-state index is 12.8. The van der Waals surface area contributed by atoms with Crippen molar-refractivity contribution in [2.24, 2.45) is 30.7 Å². The number of aryl methyl sites for hydroxylation is 1. The topological polar surface area (TPSA) is 59.4 Å². The van der Waals surface area contributed by atoms with Gasteiger partial charge in [0.2, 0.25) is 5.91 Å². The minimum atomic E-state index is 0.127. The summed E-state index contributed by atoms with van der Waals surface area (Å²) >= 11 is 0. The molecule has 29 heavy (non-hydrogen) atoms. The van der Waals surface area contributed by atoms with Gasteiger partial charge in [0.15, 0.2) is 0 Å². The second kappa shape index (κ2) is 8.23. The van der Waals surface area contributed by atoms with Crippen molar-refractivity contribution in [2.45, 2.75) is 57.2 Å². The van der Waals surface area contributed by atoms with Gasteiger partial charge in [-0.05, 0) is 56.3 Å². The summed E-state index contributed by atoms with van der Waals surface area (Å²) in [6.45, 7) is 4.10. The van der Waals surface area contributed by atoms with Crippen LogP contribution >= 0.6 is 0 Å². The van der Waals surface area contributed by atoms with Gasteiger partial charge in [0, 0.05) is 51.0 Å². The first-order valence-corrected chi connectivity index (χ1v) is 11.4. The molecule has 0 bridgehead atoms. The Morgan fingerprint density at radius 3 is 2.66 bits per heavy atom. The normalized spacial score (nSPS) is 32.6. The van der Waals surface area contributed by atoms with Crippen molar-refractivity contribution in [1.29, 1.82) is 0 Å². The van der Waals surface area contributed by atoms with E-state index in [1.165, 1.54) is 18.4 Å². The molecule has 0 aromatic carbocycles. The van der Waals surface area contributed by atoms with Gasteiger partial charge >= 0.3 is 0 Å². The van der Waals surface area contributed by atoms with Crippen LogP contribution in [0.3, 0.4) is 0 Å². The average molecular weight is 399 g/mol. The first-order valence-electron chi connectivity index (χ1n) is 11.4. The Kier molecular flexibility index (Phi) is 5.48. The molecule has 1 aromatic heterocycles. The fraction of sp³-hybridized carbons (Fsp3) is 0.739. The third-order valence-electron chi connectivity index (χ3n) is 7.31. The van der Waals surface area contributed by atoms with E-state index in [2.05, 4.69) is 33.7 Å². The molecule has 5 rings (SSSR count). The van der Waals surface area contributed by atoms with E-state index in [1.54, 1.807) is 0 Å². The van der Waals surface area contributed by atoms with Crippen LogP contribution in [0.1, 0.15) is 44.1 Å². The Morgan fingerprint density at radius 1 is 1.21 bits per heavy atom. The van der Waals surface area contributed by atoms with Gasteiger partial charge in [-0.3, -0.25) is 14.4 Å². The van der Waals surface area contributed by atoms with Crippen LogP contribution in [0, 0.1) is 23.7 Å². The number of carbonyl (C=O) groups excluding carboxylic acids is 1. The lowest BCUT2D eigenvalue weighted by atomic mass is 9.77. The smallest absolute Gasteiger partial charge is 0.224 e. The van der Waals surface area contributed by atoms with E-state index in [-0.39, 0.29) is 24.0 Å². The third kappa shape index (κ3) is 4.58. The molecule has 1 saturated heterocycles. The fourth-order valence-electron chi connectivity index (χ4n) is 5.46. The number of hydrogen-bond acceptors (Lipinski definition) is 4. The molecule has 1 amide bonds. The fourth-order valence-corrected chi connectivity index (χ4v) is 5.46. The lowest BCUT2D eigenvalue weighted by molar-refractivity contribution is -0.127. The van der Waals surface area contributed by atoms with Gasteiger partial charge in [-0.2, -0.15) is 5.10 Å². The summed E-state index contributed by atoms with van der Waals surface area (Å²) in [4.78, 5) is 15.3. The van der Waals surface area contributed by atoms with Crippen molar-refractivity contribution in [1.82, 2.24) is 20.0 Å². The van der Waals surface area contributed by atoms with E-state index in [0.29, 0.717) is 11.8 Å². The van der Waals surface area contributed by atoms with Crippen LogP contribution < -0.4 is 5.32 Å². The molecular formula is C23H34N4O2. The summed E-state index contributed by atoms with van der Waals surface area (Å²) in [7, 11) is 1.97. The van der Waals surface area contributed by atoms with E-state index in [1.807, 2.05) is 17.9 Å². The van der Waals surface area contributed by atoms with E-state index < -0.39 is 0 Å². The zero-order valence-corrected chi connectivity index (χ0v) is 17.5. The minimum absolute atomic E-state index is 0.127. The lowest BCUT2D eigenvalue weighted by Crippen LogP contribution is -2.51. The molecule has 4 aliphatic rings. The SMILES string of the molecule is Cn1cc(CN2C[C@H]3C[C@H](OCC4CC4)[C@@H](NC(=O)C4CC=CC4)C[C@H]3C2)cn1. The number of nitrogens with one attached hydrogen (secondary N) is 1. The zero-order chi connectivity index (χ0) is 19.8. The molecule has 0 unspecified atom stereocenters. The van der Waals surface area contributed by atoms with Gasteiger partial charge < -0.3 is 10.1 Å². The molecule has 2 saturated carbocycles. The zero-order valence-electron chi connectivity index (χ0n) is 17.5. The summed E-state index contributed by atoms with van der Waals surface area (Å²) in [5.74, 6) is 2.44. The Morgan fingerprint density at radius 2 is 1.97 bits per heavy atom. The van der Waals surface area contributed by atoms with Crippen molar-refractivity contribution >= 4 is 5.91 Å². The lowest BCUT2D eigenvalue weighted by Gasteiger charge is -2.38. The monoisotopic (exact) mass is 398 g/mol. The first-order chi connectivity index (χ1) is 14.1. The predicted molar refractivity (Wildman–Crippen MR) is 111 cm³/mol. The highest BCUT2D eigenvalue weighted by Gasteiger charge is 2.44. The molecule has 1 aromatic rings. The summed E-state index contributed by atoms with van der Waals surface area (Å²) < 4.78 is 8.26. The van der Waals surface area contributed by atoms with Crippen LogP contribution in [-0.2, 0) is 23.1 Å². The van der Waals surface area contributed by atoms with Crippen molar-refractivity contribution in [2.75, 3.05) is 19.7 Å². The summed E-state index contributed by atoms with van der Waals surface area (Å²) in [6, 6.07) is 0.168. The quantitative estimate of drug-likeness (QED) is 0.717. The Labute approximate surface area is 173 Å². The molecule has 6 nitrogen and oxygen atoms in total. The van der Waals surface area contributed by atoms with Gasteiger partial charge in [0.1, 0.15) is 0 Å². The molecule has 1 aliphatic heterocycles.